The van der Waals surface area contributed by atoms with Crippen LogP contribution in [0.4, 0.5) is 13.2 Å². The summed E-state index contributed by atoms with van der Waals surface area (Å²) >= 11 is 0. The first-order chi connectivity index (χ1) is 10.2. The number of halogens is 3. The number of carboxylic acids is 1. The summed E-state index contributed by atoms with van der Waals surface area (Å²) in [4.78, 5) is 11.1. The molecule has 0 aromatic heterocycles. The predicted molar refractivity (Wildman–Crippen MR) is 74.9 cm³/mol. The number of rotatable bonds is 2. The Morgan fingerprint density at radius 1 is 1.36 bits per heavy atom. The van der Waals surface area contributed by atoms with Crippen LogP contribution in [0.1, 0.15) is 11.1 Å². The zero-order chi connectivity index (χ0) is 16.5. The van der Waals surface area contributed by atoms with Crippen LogP contribution >= 0.6 is 0 Å². The molecule has 1 aliphatic heterocycles. The Kier molecular flexibility index (Phi) is 4.12. The fraction of sp³-hybridized carbons (Fsp3) is 0.188. The van der Waals surface area contributed by atoms with Crippen LogP contribution in [-0.4, -0.2) is 23.4 Å². The van der Waals surface area contributed by atoms with E-state index < -0.39 is 23.8 Å². The van der Waals surface area contributed by atoms with E-state index in [1.165, 1.54) is 0 Å². The Morgan fingerprint density at radius 2 is 2.00 bits per heavy atom. The molecule has 1 N–H and O–H groups in total. The quantitative estimate of drug-likeness (QED) is 0.902. The maximum atomic E-state index is 12.9. The summed E-state index contributed by atoms with van der Waals surface area (Å²) in [6.45, 7) is 5.28. The number of carboxylic acid groups (broad SMARTS) is 1. The van der Waals surface area contributed by atoms with Crippen LogP contribution < -0.4 is 0 Å². The predicted octanol–water partition coefficient (Wildman–Crippen LogP) is 3.86. The van der Waals surface area contributed by atoms with Crippen LogP contribution in [0.3, 0.4) is 0 Å². The summed E-state index contributed by atoms with van der Waals surface area (Å²) in [6, 6.07) is 7.19. The van der Waals surface area contributed by atoms with Gasteiger partial charge in [0.1, 0.15) is 5.76 Å². The number of alkyl halides is 3. The van der Waals surface area contributed by atoms with E-state index in [9.17, 15) is 18.0 Å². The third kappa shape index (κ3) is 3.21. The second-order valence-electron chi connectivity index (χ2n) is 4.82. The maximum absolute atomic E-state index is 12.9. The number of hydrogen-bond acceptors (Lipinski definition) is 2. The number of aryl methyl sites for hydroxylation is 1. The van der Waals surface area contributed by atoms with Gasteiger partial charge in [-0.15, -0.1) is 0 Å². The highest BCUT2D eigenvalue weighted by Crippen LogP contribution is 2.36. The van der Waals surface area contributed by atoms with Crippen molar-refractivity contribution in [2.75, 3.05) is 0 Å². The third-order valence-electron chi connectivity index (χ3n) is 3.22. The Bertz CT molecular complexity index is 684. The minimum atomic E-state index is -4.82. The van der Waals surface area contributed by atoms with Crippen LogP contribution in [0, 0.1) is 6.92 Å². The second kappa shape index (κ2) is 5.71. The summed E-state index contributed by atoms with van der Waals surface area (Å²) in [5, 5.41) is 8.99. The zero-order valence-corrected chi connectivity index (χ0v) is 11.6. The van der Waals surface area contributed by atoms with Crippen molar-refractivity contribution in [1.82, 2.24) is 0 Å². The second-order valence-corrected chi connectivity index (χ2v) is 4.82. The zero-order valence-electron chi connectivity index (χ0n) is 11.6. The van der Waals surface area contributed by atoms with Crippen LogP contribution in [-0.2, 0) is 9.53 Å². The third-order valence-corrected chi connectivity index (χ3v) is 3.22. The average molecular weight is 310 g/mol. The lowest BCUT2D eigenvalue weighted by atomic mass is 9.98. The number of ether oxygens (including phenoxy) is 1. The van der Waals surface area contributed by atoms with Gasteiger partial charge in [0.05, 0.1) is 5.57 Å². The van der Waals surface area contributed by atoms with Crippen molar-refractivity contribution in [3.05, 3.63) is 65.0 Å². The molecule has 2 rings (SSSR count). The molecule has 0 fully saturated rings. The topological polar surface area (TPSA) is 46.5 Å². The highest BCUT2D eigenvalue weighted by molar-refractivity contribution is 5.90. The summed E-state index contributed by atoms with van der Waals surface area (Å²) in [6.07, 6.45) is -4.82. The minimum absolute atomic E-state index is 0.201. The van der Waals surface area contributed by atoms with E-state index in [1.807, 2.05) is 19.1 Å². The van der Waals surface area contributed by atoms with E-state index in [0.717, 1.165) is 17.2 Å². The van der Waals surface area contributed by atoms with Crippen molar-refractivity contribution in [1.29, 1.82) is 0 Å². The lowest BCUT2D eigenvalue weighted by Gasteiger charge is -2.28. The molecule has 0 aliphatic carbocycles. The molecule has 0 radical (unpaired) electrons. The summed E-state index contributed by atoms with van der Waals surface area (Å²) in [5.74, 6) is -1.89. The van der Waals surface area contributed by atoms with E-state index >= 15 is 0 Å². The van der Waals surface area contributed by atoms with Crippen molar-refractivity contribution in [2.45, 2.75) is 19.2 Å². The molecule has 1 heterocycles. The van der Waals surface area contributed by atoms with Crippen LogP contribution in [0.15, 0.2) is 53.8 Å². The van der Waals surface area contributed by atoms with Crippen molar-refractivity contribution in [2.24, 2.45) is 0 Å². The van der Waals surface area contributed by atoms with Gasteiger partial charge in [0.15, 0.2) is 0 Å². The normalized spacial score (nSPS) is 20.5. The maximum Gasteiger partial charge on any atom is 0.430 e. The van der Waals surface area contributed by atoms with Gasteiger partial charge in [-0.05, 0) is 30.2 Å². The number of aliphatic carboxylic acids is 1. The first kappa shape index (κ1) is 15.9. The molecule has 1 aromatic rings. The van der Waals surface area contributed by atoms with Gasteiger partial charge in [-0.3, -0.25) is 0 Å². The molecule has 0 saturated carbocycles. The molecule has 0 spiro atoms. The van der Waals surface area contributed by atoms with Gasteiger partial charge in [0.25, 0.3) is 0 Å². The molecular formula is C16H13F3O3. The largest absolute Gasteiger partial charge is 0.478 e. The van der Waals surface area contributed by atoms with Crippen molar-refractivity contribution in [3.63, 3.8) is 0 Å². The molecule has 0 saturated heterocycles. The van der Waals surface area contributed by atoms with E-state index in [1.54, 1.807) is 18.2 Å². The van der Waals surface area contributed by atoms with E-state index in [-0.39, 0.29) is 11.3 Å². The molecule has 3 nitrogen and oxygen atoms in total. The molecule has 0 bridgehead atoms. The molecule has 22 heavy (non-hydrogen) atoms. The van der Waals surface area contributed by atoms with Gasteiger partial charge in [0, 0.05) is 5.57 Å². The fourth-order valence-electron chi connectivity index (χ4n) is 2.05. The van der Waals surface area contributed by atoms with Crippen molar-refractivity contribution < 1.29 is 27.8 Å². The van der Waals surface area contributed by atoms with Gasteiger partial charge in [-0.25, -0.2) is 4.79 Å². The Morgan fingerprint density at radius 3 is 2.55 bits per heavy atom. The SMILES string of the molecule is C=C1OC(C(F)(F)F)C(C(=O)O)=C/C1=C/c1ccccc1C. The smallest absolute Gasteiger partial charge is 0.430 e. The Labute approximate surface area is 125 Å². The van der Waals surface area contributed by atoms with Gasteiger partial charge < -0.3 is 9.84 Å². The highest BCUT2D eigenvalue weighted by Gasteiger charge is 2.48. The van der Waals surface area contributed by atoms with Crippen LogP contribution in [0.25, 0.3) is 6.08 Å². The monoisotopic (exact) mass is 310 g/mol. The van der Waals surface area contributed by atoms with Crippen molar-refractivity contribution in [3.8, 4) is 0 Å². The molecule has 0 amide bonds. The fourth-order valence-corrected chi connectivity index (χ4v) is 2.05. The molecule has 1 atom stereocenters. The van der Waals surface area contributed by atoms with Crippen molar-refractivity contribution >= 4 is 12.0 Å². The number of benzene rings is 1. The van der Waals surface area contributed by atoms with Crippen LogP contribution in [0.2, 0.25) is 0 Å². The number of allylic oxidation sites excluding steroid dienone is 1. The van der Waals surface area contributed by atoms with E-state index in [0.29, 0.717) is 0 Å². The number of carbonyl (C=O) groups is 1. The van der Waals surface area contributed by atoms with Gasteiger partial charge in [-0.2, -0.15) is 13.2 Å². The lowest BCUT2D eigenvalue weighted by Crippen LogP contribution is -2.38. The summed E-state index contributed by atoms with van der Waals surface area (Å²) in [5.41, 5.74) is 0.978. The highest BCUT2D eigenvalue weighted by atomic mass is 19.4. The van der Waals surface area contributed by atoms with Gasteiger partial charge in [0.2, 0.25) is 6.10 Å². The lowest BCUT2D eigenvalue weighted by molar-refractivity contribution is -0.199. The van der Waals surface area contributed by atoms with Gasteiger partial charge in [-0.1, -0.05) is 30.8 Å². The summed E-state index contributed by atoms with van der Waals surface area (Å²) < 4.78 is 43.3. The van der Waals surface area contributed by atoms with Gasteiger partial charge >= 0.3 is 12.1 Å². The number of hydrogen-bond donors (Lipinski definition) is 1. The van der Waals surface area contributed by atoms with Crippen LogP contribution in [0.5, 0.6) is 0 Å². The average Bonchev–Trinajstić information content (AvgIpc) is 2.41. The Balaban J connectivity index is 2.50. The molecule has 1 unspecified atom stereocenters. The first-order valence-electron chi connectivity index (χ1n) is 6.35. The first-order valence-corrected chi connectivity index (χ1v) is 6.35. The standard InChI is InChI=1S/C16H13F3O3/c1-9-5-3-4-6-11(9)7-12-8-13(15(20)21)14(16(17,18)19)22-10(12)2/h3-8,14H,2H2,1H3,(H,20,21)/b12-7-. The Hall–Kier alpha value is -2.50. The minimum Gasteiger partial charge on any atom is -0.478 e. The molecule has 6 heteroatoms. The molecular weight excluding hydrogens is 297 g/mol. The molecule has 116 valence electrons. The molecule has 1 aromatic carbocycles. The summed E-state index contributed by atoms with van der Waals surface area (Å²) in [7, 11) is 0. The molecule has 1 aliphatic rings. The van der Waals surface area contributed by atoms with E-state index in [2.05, 4.69) is 6.58 Å². The van der Waals surface area contributed by atoms with E-state index in [4.69, 9.17) is 9.84 Å².